The monoisotopic (exact) mass is 471 g/mol. The average Bonchev–Trinajstić information content (AvgIpc) is 3.42. The number of thiazole rings is 1. The number of halogens is 1. The van der Waals surface area contributed by atoms with Gasteiger partial charge in [-0.25, -0.2) is 14.2 Å². The first-order chi connectivity index (χ1) is 15.9. The van der Waals surface area contributed by atoms with Crippen LogP contribution in [-0.2, 0) is 9.53 Å². The summed E-state index contributed by atoms with van der Waals surface area (Å²) in [5.74, 6) is -0.513. The SMILES string of the molecule is CC(=O)N(C)C1CN(C2(N3CCNCC3)C=CC(c3nc4ccccc4s3)=C(F)C2)C(=O)O1. The topological polar surface area (TPSA) is 78.0 Å². The summed E-state index contributed by atoms with van der Waals surface area (Å²) < 4.78 is 22.3. The standard InChI is InChI=1S/C23H26FN5O3S/c1-15(30)27(2)20-14-29(22(31)32-20)23(28-11-9-25-10-12-28)8-7-16(17(24)13-23)21-26-18-5-3-4-6-19(18)33-21/h3-8,20,25H,9-14H2,1-2H3. The van der Waals surface area contributed by atoms with E-state index in [2.05, 4.69) is 15.2 Å². The molecule has 3 heterocycles. The number of cyclic esters (lactones) is 1. The Balaban J connectivity index is 1.50. The molecule has 1 aromatic heterocycles. The molecule has 2 unspecified atom stereocenters. The van der Waals surface area contributed by atoms with Gasteiger partial charge in [0.2, 0.25) is 5.91 Å². The molecule has 2 amide bonds. The second-order valence-corrected chi connectivity index (χ2v) is 9.54. The lowest BCUT2D eigenvalue weighted by Crippen LogP contribution is -2.64. The number of amides is 2. The van der Waals surface area contributed by atoms with Gasteiger partial charge in [0, 0.05) is 52.1 Å². The number of hydrogen-bond acceptors (Lipinski definition) is 7. The number of carbonyl (C=O) groups excluding carboxylic acids is 2. The Morgan fingerprint density at radius 3 is 2.79 bits per heavy atom. The molecule has 174 valence electrons. The van der Waals surface area contributed by atoms with Gasteiger partial charge in [0.05, 0.1) is 16.8 Å². The molecule has 10 heteroatoms. The number of benzene rings is 1. The predicted octanol–water partition coefficient (Wildman–Crippen LogP) is 2.79. The molecule has 5 rings (SSSR count). The van der Waals surface area contributed by atoms with Crippen molar-refractivity contribution in [3.05, 3.63) is 47.3 Å². The molecule has 0 bridgehead atoms. The lowest BCUT2D eigenvalue weighted by Gasteiger charge is -2.49. The van der Waals surface area contributed by atoms with E-state index in [-0.39, 0.29) is 24.7 Å². The minimum absolute atomic E-state index is 0.000361. The quantitative estimate of drug-likeness (QED) is 0.739. The van der Waals surface area contributed by atoms with Gasteiger partial charge in [-0.05, 0) is 24.3 Å². The molecule has 2 aromatic rings. The zero-order valence-corrected chi connectivity index (χ0v) is 19.4. The Hall–Kier alpha value is -2.82. The maximum absolute atomic E-state index is 15.8. The van der Waals surface area contributed by atoms with Crippen LogP contribution in [0.5, 0.6) is 0 Å². The van der Waals surface area contributed by atoms with Gasteiger partial charge < -0.3 is 15.0 Å². The number of piperazine rings is 1. The zero-order valence-electron chi connectivity index (χ0n) is 18.6. The summed E-state index contributed by atoms with van der Waals surface area (Å²) in [7, 11) is 1.60. The molecule has 1 aromatic carbocycles. The number of para-hydroxylation sites is 1. The van der Waals surface area contributed by atoms with Crippen molar-refractivity contribution in [2.24, 2.45) is 0 Å². The maximum Gasteiger partial charge on any atom is 0.413 e. The largest absolute Gasteiger partial charge is 0.423 e. The number of rotatable bonds is 4. The highest BCUT2D eigenvalue weighted by Crippen LogP contribution is 2.42. The number of allylic oxidation sites excluding steroid dienone is 2. The van der Waals surface area contributed by atoms with Crippen molar-refractivity contribution in [2.75, 3.05) is 39.8 Å². The molecule has 1 aliphatic carbocycles. The number of nitrogens with zero attached hydrogens (tertiary/aromatic N) is 4. The van der Waals surface area contributed by atoms with Gasteiger partial charge in [0.15, 0.2) is 6.23 Å². The second kappa shape index (κ2) is 8.51. The molecular formula is C23H26FN5O3S. The Labute approximate surface area is 195 Å². The second-order valence-electron chi connectivity index (χ2n) is 8.51. The third kappa shape index (κ3) is 3.81. The van der Waals surface area contributed by atoms with Crippen molar-refractivity contribution in [1.29, 1.82) is 0 Å². The van der Waals surface area contributed by atoms with Crippen molar-refractivity contribution in [3.63, 3.8) is 0 Å². The van der Waals surface area contributed by atoms with Crippen LogP contribution in [0.2, 0.25) is 0 Å². The van der Waals surface area contributed by atoms with Crippen LogP contribution in [-0.4, -0.2) is 83.3 Å². The van der Waals surface area contributed by atoms with E-state index in [4.69, 9.17) is 4.74 Å². The summed E-state index contributed by atoms with van der Waals surface area (Å²) in [5, 5.41) is 3.93. The van der Waals surface area contributed by atoms with E-state index in [0.29, 0.717) is 23.7 Å². The van der Waals surface area contributed by atoms with Crippen molar-refractivity contribution >= 4 is 39.1 Å². The Kier molecular flexibility index (Phi) is 5.67. The summed E-state index contributed by atoms with van der Waals surface area (Å²) in [6.07, 6.45) is 2.39. The van der Waals surface area contributed by atoms with Gasteiger partial charge >= 0.3 is 6.09 Å². The third-order valence-corrected chi connectivity index (χ3v) is 7.68. The first-order valence-electron chi connectivity index (χ1n) is 11.0. The number of hydrogen-bond donors (Lipinski definition) is 1. The molecule has 0 saturated carbocycles. The molecular weight excluding hydrogens is 445 g/mol. The predicted molar refractivity (Wildman–Crippen MR) is 124 cm³/mol. The highest BCUT2D eigenvalue weighted by Gasteiger charge is 2.51. The van der Waals surface area contributed by atoms with Gasteiger partial charge in [0.1, 0.15) is 16.5 Å². The Morgan fingerprint density at radius 2 is 2.09 bits per heavy atom. The number of likely N-dealkylation sites (N-methyl/N-ethyl adjacent to an activating group) is 1. The first kappa shape index (κ1) is 22.0. The minimum Gasteiger partial charge on any atom is -0.423 e. The van der Waals surface area contributed by atoms with Gasteiger partial charge in [0.25, 0.3) is 0 Å². The molecule has 2 atom stereocenters. The maximum atomic E-state index is 15.8. The molecule has 2 fully saturated rings. The average molecular weight is 472 g/mol. The van der Waals surface area contributed by atoms with Gasteiger partial charge in [-0.2, -0.15) is 0 Å². The smallest absolute Gasteiger partial charge is 0.413 e. The number of nitrogens with one attached hydrogen (secondary N) is 1. The van der Waals surface area contributed by atoms with E-state index in [0.717, 1.165) is 23.3 Å². The fourth-order valence-corrected chi connectivity index (χ4v) is 5.66. The highest BCUT2D eigenvalue weighted by molar-refractivity contribution is 7.19. The van der Waals surface area contributed by atoms with E-state index >= 15 is 4.39 Å². The number of carbonyl (C=O) groups is 2. The Bertz CT molecular complexity index is 1120. The molecule has 2 saturated heterocycles. The van der Waals surface area contributed by atoms with Gasteiger partial charge in [-0.15, -0.1) is 11.3 Å². The summed E-state index contributed by atoms with van der Waals surface area (Å²) in [4.78, 5) is 34.5. The van der Waals surface area contributed by atoms with Crippen molar-refractivity contribution in [2.45, 2.75) is 25.2 Å². The van der Waals surface area contributed by atoms with Crippen molar-refractivity contribution in [1.82, 2.24) is 25.0 Å². The zero-order chi connectivity index (χ0) is 23.2. The van der Waals surface area contributed by atoms with Crippen LogP contribution in [0, 0.1) is 0 Å². The van der Waals surface area contributed by atoms with E-state index < -0.39 is 18.0 Å². The molecule has 33 heavy (non-hydrogen) atoms. The summed E-state index contributed by atoms with van der Waals surface area (Å²) in [6, 6.07) is 7.74. The molecule has 3 aliphatic rings. The van der Waals surface area contributed by atoms with Crippen LogP contribution in [0.25, 0.3) is 15.8 Å². The van der Waals surface area contributed by atoms with Crippen molar-refractivity contribution in [3.8, 4) is 0 Å². The van der Waals surface area contributed by atoms with E-state index in [9.17, 15) is 9.59 Å². The summed E-state index contributed by atoms with van der Waals surface area (Å²) >= 11 is 1.45. The van der Waals surface area contributed by atoms with Gasteiger partial charge in [-0.1, -0.05) is 12.1 Å². The van der Waals surface area contributed by atoms with E-state index in [1.54, 1.807) is 18.0 Å². The number of fused-ring (bicyclic) bond motifs is 1. The van der Waals surface area contributed by atoms with E-state index in [1.807, 2.05) is 30.3 Å². The van der Waals surface area contributed by atoms with Crippen LogP contribution >= 0.6 is 11.3 Å². The molecule has 8 nitrogen and oxygen atoms in total. The highest BCUT2D eigenvalue weighted by atomic mass is 32.1. The number of aromatic nitrogens is 1. The molecule has 0 spiro atoms. The minimum atomic E-state index is -1.00. The Morgan fingerprint density at radius 1 is 1.33 bits per heavy atom. The van der Waals surface area contributed by atoms with Crippen LogP contribution in [0.15, 0.2) is 42.2 Å². The van der Waals surface area contributed by atoms with Gasteiger partial charge in [-0.3, -0.25) is 14.6 Å². The lowest BCUT2D eigenvalue weighted by atomic mass is 9.91. The van der Waals surface area contributed by atoms with E-state index in [1.165, 1.54) is 23.2 Å². The van der Waals surface area contributed by atoms with Crippen LogP contribution in [0.1, 0.15) is 18.4 Å². The fourth-order valence-electron chi connectivity index (χ4n) is 4.66. The van der Waals surface area contributed by atoms with Crippen LogP contribution in [0.4, 0.5) is 9.18 Å². The van der Waals surface area contributed by atoms with Crippen molar-refractivity contribution < 1.29 is 18.7 Å². The van der Waals surface area contributed by atoms with Crippen LogP contribution < -0.4 is 5.32 Å². The van der Waals surface area contributed by atoms with Crippen LogP contribution in [0.3, 0.4) is 0 Å². The summed E-state index contributed by atoms with van der Waals surface area (Å²) in [5.41, 5.74) is 0.283. The molecule has 1 N–H and O–H groups in total. The normalized spacial score (nSPS) is 26.2. The third-order valence-electron chi connectivity index (χ3n) is 6.61. The number of ether oxygens (including phenoxy) is 1. The molecule has 0 radical (unpaired) electrons. The summed E-state index contributed by atoms with van der Waals surface area (Å²) in [6.45, 7) is 4.40. The first-order valence-corrected chi connectivity index (χ1v) is 11.8. The fraction of sp³-hybridized carbons (Fsp3) is 0.435. The lowest BCUT2D eigenvalue weighted by molar-refractivity contribution is -0.134. The molecule has 2 aliphatic heterocycles.